The van der Waals surface area contributed by atoms with E-state index in [-0.39, 0.29) is 11.8 Å². The Labute approximate surface area is 226 Å². The fourth-order valence-electron chi connectivity index (χ4n) is 5.29. The van der Waals surface area contributed by atoms with Crippen molar-refractivity contribution in [3.05, 3.63) is 35.4 Å². The first-order chi connectivity index (χ1) is 18.2. The highest BCUT2D eigenvalue weighted by molar-refractivity contribution is 6.21. The van der Waals surface area contributed by atoms with Crippen molar-refractivity contribution in [2.45, 2.75) is 122 Å². The van der Waals surface area contributed by atoms with Crippen LogP contribution in [0.4, 0.5) is 0 Å². The molecule has 0 fully saturated rings. The zero-order valence-electron chi connectivity index (χ0n) is 23.6. The van der Waals surface area contributed by atoms with E-state index in [1.54, 1.807) is 12.1 Å². The van der Waals surface area contributed by atoms with Gasteiger partial charge in [-0.1, -0.05) is 109 Å². The van der Waals surface area contributed by atoms with Gasteiger partial charge in [-0.15, -0.1) is 0 Å². The van der Waals surface area contributed by atoms with E-state index in [1.807, 2.05) is 12.1 Å². The number of hydrogen-bond donors (Lipinski definition) is 0. The molecule has 5 heteroatoms. The zero-order chi connectivity index (χ0) is 26.6. The van der Waals surface area contributed by atoms with Gasteiger partial charge in [0.15, 0.2) is 0 Å². The van der Waals surface area contributed by atoms with Gasteiger partial charge in [-0.2, -0.15) is 0 Å². The van der Waals surface area contributed by atoms with E-state index in [0.29, 0.717) is 24.1 Å². The minimum Gasteiger partial charge on any atom is -0.303 e. The maximum Gasteiger partial charge on any atom is 0.261 e. The highest BCUT2D eigenvalue weighted by atomic mass is 16.2. The van der Waals surface area contributed by atoms with Crippen LogP contribution in [0.15, 0.2) is 24.3 Å². The van der Waals surface area contributed by atoms with Gasteiger partial charge in [0.25, 0.3) is 11.8 Å². The molecule has 1 aromatic rings. The Morgan fingerprint density at radius 1 is 0.622 bits per heavy atom. The van der Waals surface area contributed by atoms with Crippen molar-refractivity contribution in [1.29, 1.82) is 0 Å². The highest BCUT2D eigenvalue weighted by Crippen LogP contribution is 2.22. The van der Waals surface area contributed by atoms with Gasteiger partial charge >= 0.3 is 0 Å². The van der Waals surface area contributed by atoms with Crippen LogP contribution in [-0.2, 0) is 4.79 Å². The average molecular weight is 513 g/mol. The summed E-state index contributed by atoms with van der Waals surface area (Å²) in [6.07, 6.45) is 23.4. The quantitative estimate of drug-likeness (QED) is 0.0804. The maximum absolute atomic E-state index is 12.7. The first kappa shape index (κ1) is 31.2. The molecule has 208 valence electrons. The van der Waals surface area contributed by atoms with Crippen LogP contribution in [0.2, 0.25) is 0 Å². The van der Waals surface area contributed by atoms with Crippen LogP contribution in [0.5, 0.6) is 0 Å². The number of unbranched alkanes of at least 4 members (excludes halogenated alkanes) is 16. The lowest BCUT2D eigenvalue weighted by atomic mass is 10.1. The molecule has 0 aromatic heterocycles. The third-order valence-electron chi connectivity index (χ3n) is 7.64. The summed E-state index contributed by atoms with van der Waals surface area (Å²) in [5, 5.41) is 0. The summed E-state index contributed by atoms with van der Waals surface area (Å²) >= 11 is 0. The number of hydrogen-bond acceptors (Lipinski definition) is 4. The van der Waals surface area contributed by atoms with Crippen molar-refractivity contribution in [1.82, 2.24) is 9.80 Å². The number of imide groups is 1. The smallest absolute Gasteiger partial charge is 0.261 e. The molecule has 1 heterocycles. The van der Waals surface area contributed by atoms with Crippen LogP contribution >= 0.6 is 0 Å². The molecular weight excluding hydrogens is 460 g/mol. The summed E-state index contributed by atoms with van der Waals surface area (Å²) in [6, 6.07) is 7.15. The number of benzene rings is 1. The van der Waals surface area contributed by atoms with E-state index in [0.717, 1.165) is 45.2 Å². The number of amides is 2. The maximum atomic E-state index is 12.7. The largest absolute Gasteiger partial charge is 0.303 e. The van der Waals surface area contributed by atoms with Crippen molar-refractivity contribution < 1.29 is 14.4 Å². The molecule has 0 saturated heterocycles. The van der Waals surface area contributed by atoms with Gasteiger partial charge in [0.05, 0.1) is 11.1 Å². The molecule has 0 aliphatic carbocycles. The molecule has 2 rings (SSSR count). The van der Waals surface area contributed by atoms with Gasteiger partial charge in [0.1, 0.15) is 6.29 Å². The number of aldehydes is 1. The molecule has 0 spiro atoms. The van der Waals surface area contributed by atoms with E-state index in [1.165, 1.54) is 94.8 Å². The number of carbonyl (C=O) groups is 3. The van der Waals surface area contributed by atoms with Crippen LogP contribution < -0.4 is 0 Å². The zero-order valence-corrected chi connectivity index (χ0v) is 23.6. The molecule has 0 atom stereocenters. The van der Waals surface area contributed by atoms with Crippen LogP contribution in [-0.4, -0.2) is 54.1 Å². The molecule has 1 aliphatic heterocycles. The first-order valence-corrected chi connectivity index (χ1v) is 15.3. The minimum absolute atomic E-state index is 0.152. The Bertz CT molecular complexity index is 744. The Morgan fingerprint density at radius 3 is 1.51 bits per heavy atom. The van der Waals surface area contributed by atoms with Gasteiger partial charge in [-0.05, 0) is 44.5 Å². The van der Waals surface area contributed by atoms with E-state index in [4.69, 9.17) is 0 Å². The van der Waals surface area contributed by atoms with E-state index in [2.05, 4.69) is 11.8 Å². The lowest BCUT2D eigenvalue weighted by Crippen LogP contribution is -2.39. The van der Waals surface area contributed by atoms with Crippen molar-refractivity contribution in [3.8, 4) is 0 Å². The molecule has 0 N–H and O–H groups in total. The second kappa shape index (κ2) is 20.0. The van der Waals surface area contributed by atoms with Gasteiger partial charge in [0, 0.05) is 19.5 Å². The standard InChI is InChI=1S/C32H52N2O3/c1-2-3-4-5-6-7-8-9-10-11-14-19-24-33(25-20-15-12-13-16-21-28-35)26-27-34-31(36)29-22-17-18-23-30(29)32(34)37/h17-18,22-23,28H,2-16,19-21,24-27H2,1H3. The third-order valence-corrected chi connectivity index (χ3v) is 7.64. The molecule has 0 radical (unpaired) electrons. The van der Waals surface area contributed by atoms with Crippen LogP contribution in [0.1, 0.15) is 143 Å². The fourth-order valence-corrected chi connectivity index (χ4v) is 5.29. The van der Waals surface area contributed by atoms with E-state index in [9.17, 15) is 14.4 Å². The third kappa shape index (κ3) is 12.4. The molecule has 0 unspecified atom stereocenters. The van der Waals surface area contributed by atoms with Gasteiger partial charge in [0.2, 0.25) is 0 Å². The van der Waals surface area contributed by atoms with Crippen LogP contribution in [0, 0.1) is 0 Å². The SMILES string of the molecule is CCCCCCCCCCCCCCN(CCCCCCCC=O)CCN1C(=O)c2ccccc2C1=O. The fraction of sp³-hybridized carbons (Fsp3) is 0.719. The first-order valence-electron chi connectivity index (χ1n) is 15.3. The Kier molecular flexibility index (Phi) is 16.9. The molecule has 0 saturated carbocycles. The van der Waals surface area contributed by atoms with Gasteiger partial charge < -0.3 is 9.69 Å². The van der Waals surface area contributed by atoms with Gasteiger partial charge in [-0.25, -0.2) is 0 Å². The molecule has 2 amide bonds. The monoisotopic (exact) mass is 512 g/mol. The summed E-state index contributed by atoms with van der Waals surface area (Å²) in [7, 11) is 0. The second-order valence-corrected chi connectivity index (χ2v) is 10.8. The minimum atomic E-state index is -0.152. The highest BCUT2D eigenvalue weighted by Gasteiger charge is 2.34. The van der Waals surface area contributed by atoms with Crippen molar-refractivity contribution >= 4 is 18.1 Å². The molecule has 1 aliphatic rings. The van der Waals surface area contributed by atoms with Crippen molar-refractivity contribution in [3.63, 3.8) is 0 Å². The summed E-state index contributed by atoms with van der Waals surface area (Å²) in [5.41, 5.74) is 1.07. The summed E-state index contributed by atoms with van der Waals surface area (Å²) in [5.74, 6) is -0.304. The van der Waals surface area contributed by atoms with Crippen molar-refractivity contribution in [2.24, 2.45) is 0 Å². The Morgan fingerprint density at radius 2 is 1.05 bits per heavy atom. The molecular formula is C32H52N2O3. The topological polar surface area (TPSA) is 57.7 Å². The summed E-state index contributed by atoms with van der Waals surface area (Å²) < 4.78 is 0. The Balaban J connectivity index is 1.66. The van der Waals surface area contributed by atoms with E-state index >= 15 is 0 Å². The number of fused-ring (bicyclic) bond motifs is 1. The normalized spacial score (nSPS) is 13.1. The number of rotatable bonds is 24. The number of nitrogens with zero attached hydrogens (tertiary/aromatic N) is 2. The van der Waals surface area contributed by atoms with Crippen LogP contribution in [0.3, 0.4) is 0 Å². The van der Waals surface area contributed by atoms with Crippen molar-refractivity contribution in [2.75, 3.05) is 26.2 Å². The van der Waals surface area contributed by atoms with Gasteiger partial charge in [-0.3, -0.25) is 14.5 Å². The predicted molar refractivity (Wildman–Crippen MR) is 153 cm³/mol. The molecule has 37 heavy (non-hydrogen) atoms. The lowest BCUT2D eigenvalue weighted by Gasteiger charge is -2.25. The predicted octanol–water partition coefficient (Wildman–Crippen LogP) is 7.83. The molecule has 5 nitrogen and oxygen atoms in total. The van der Waals surface area contributed by atoms with Crippen LogP contribution in [0.25, 0.3) is 0 Å². The average Bonchev–Trinajstić information content (AvgIpc) is 3.16. The molecule has 0 bridgehead atoms. The van der Waals surface area contributed by atoms with E-state index < -0.39 is 0 Å². The summed E-state index contributed by atoms with van der Waals surface area (Å²) in [6.45, 7) is 5.52. The lowest BCUT2D eigenvalue weighted by molar-refractivity contribution is -0.107. The second-order valence-electron chi connectivity index (χ2n) is 10.8. The summed E-state index contributed by atoms with van der Waals surface area (Å²) in [4.78, 5) is 39.8. The molecule has 1 aromatic carbocycles. The Hall–Kier alpha value is -2.01. The number of carbonyl (C=O) groups excluding carboxylic acids is 3.